The van der Waals surface area contributed by atoms with E-state index in [-0.39, 0.29) is 5.56 Å². The zero-order valence-corrected chi connectivity index (χ0v) is 11.9. The monoisotopic (exact) mass is 292 g/mol. The standard InChI is InChI=1S/C15H14ClFN2O/c1-18-11-4-6-12(7-5-11)19(2)15(20)13-9-10(16)3-8-14(13)17/h3-9,18H,1-2H3. The van der Waals surface area contributed by atoms with Crippen molar-refractivity contribution in [3.05, 3.63) is 58.9 Å². The Kier molecular flexibility index (Phi) is 4.25. The van der Waals surface area contributed by atoms with Gasteiger partial charge in [-0.1, -0.05) is 11.6 Å². The van der Waals surface area contributed by atoms with Gasteiger partial charge in [-0.05, 0) is 42.5 Å². The normalized spacial score (nSPS) is 10.2. The SMILES string of the molecule is CNc1ccc(N(C)C(=O)c2cc(Cl)ccc2F)cc1. The second-order valence-electron chi connectivity index (χ2n) is 4.29. The molecule has 0 spiro atoms. The molecule has 0 saturated heterocycles. The van der Waals surface area contributed by atoms with Crippen LogP contribution < -0.4 is 10.2 Å². The Morgan fingerprint density at radius 2 is 1.85 bits per heavy atom. The molecule has 0 aromatic heterocycles. The van der Waals surface area contributed by atoms with E-state index in [0.29, 0.717) is 10.7 Å². The summed E-state index contributed by atoms with van der Waals surface area (Å²) in [4.78, 5) is 13.7. The summed E-state index contributed by atoms with van der Waals surface area (Å²) in [7, 11) is 3.41. The maximum Gasteiger partial charge on any atom is 0.261 e. The summed E-state index contributed by atoms with van der Waals surface area (Å²) < 4.78 is 13.7. The molecule has 2 aromatic rings. The van der Waals surface area contributed by atoms with Crippen molar-refractivity contribution >= 4 is 28.9 Å². The molecule has 0 fully saturated rings. The molecule has 0 aliphatic heterocycles. The van der Waals surface area contributed by atoms with Crippen LogP contribution in [-0.2, 0) is 0 Å². The van der Waals surface area contributed by atoms with Gasteiger partial charge in [0.1, 0.15) is 5.82 Å². The topological polar surface area (TPSA) is 32.3 Å². The second-order valence-corrected chi connectivity index (χ2v) is 4.72. The molecule has 1 amide bonds. The van der Waals surface area contributed by atoms with E-state index in [1.165, 1.54) is 23.1 Å². The fourth-order valence-corrected chi connectivity index (χ4v) is 1.98. The average molecular weight is 293 g/mol. The predicted octanol–water partition coefficient (Wildman–Crippen LogP) is 3.80. The highest BCUT2D eigenvalue weighted by Gasteiger charge is 2.17. The van der Waals surface area contributed by atoms with Crippen molar-refractivity contribution in [2.45, 2.75) is 0 Å². The fraction of sp³-hybridized carbons (Fsp3) is 0.133. The molecule has 20 heavy (non-hydrogen) atoms. The van der Waals surface area contributed by atoms with Gasteiger partial charge in [-0.2, -0.15) is 0 Å². The van der Waals surface area contributed by atoms with Crippen molar-refractivity contribution in [1.82, 2.24) is 0 Å². The van der Waals surface area contributed by atoms with E-state index in [0.717, 1.165) is 5.69 Å². The first kappa shape index (κ1) is 14.3. The molecular weight excluding hydrogens is 279 g/mol. The second kappa shape index (κ2) is 5.92. The lowest BCUT2D eigenvalue weighted by Gasteiger charge is -2.18. The summed E-state index contributed by atoms with van der Waals surface area (Å²) in [5, 5.41) is 3.32. The molecule has 1 N–H and O–H groups in total. The molecule has 0 saturated carbocycles. The molecule has 104 valence electrons. The summed E-state index contributed by atoms with van der Waals surface area (Å²) in [6, 6.07) is 11.2. The Bertz CT molecular complexity index is 628. The quantitative estimate of drug-likeness (QED) is 0.933. The highest BCUT2D eigenvalue weighted by Crippen LogP contribution is 2.21. The number of benzene rings is 2. The molecule has 5 heteroatoms. The van der Waals surface area contributed by atoms with Crippen LogP contribution in [0.2, 0.25) is 5.02 Å². The molecule has 0 unspecified atom stereocenters. The summed E-state index contributed by atoms with van der Waals surface area (Å²) >= 11 is 5.81. The van der Waals surface area contributed by atoms with Crippen molar-refractivity contribution in [2.24, 2.45) is 0 Å². The number of carbonyl (C=O) groups is 1. The van der Waals surface area contributed by atoms with Crippen LogP contribution in [0.3, 0.4) is 0 Å². The molecule has 0 aliphatic rings. The van der Waals surface area contributed by atoms with Crippen molar-refractivity contribution < 1.29 is 9.18 Å². The van der Waals surface area contributed by atoms with Gasteiger partial charge in [-0.25, -0.2) is 4.39 Å². The minimum Gasteiger partial charge on any atom is -0.388 e. The lowest BCUT2D eigenvalue weighted by molar-refractivity contribution is 0.0989. The first-order valence-corrected chi connectivity index (χ1v) is 6.41. The van der Waals surface area contributed by atoms with Crippen molar-refractivity contribution in [3.63, 3.8) is 0 Å². The number of hydrogen-bond acceptors (Lipinski definition) is 2. The molecule has 0 radical (unpaired) electrons. The Hall–Kier alpha value is -2.07. The smallest absolute Gasteiger partial charge is 0.261 e. The van der Waals surface area contributed by atoms with Gasteiger partial charge in [-0.3, -0.25) is 4.79 Å². The number of nitrogens with zero attached hydrogens (tertiary/aromatic N) is 1. The van der Waals surface area contributed by atoms with E-state index in [1.54, 1.807) is 19.2 Å². The zero-order valence-electron chi connectivity index (χ0n) is 11.2. The number of hydrogen-bond donors (Lipinski definition) is 1. The minimum absolute atomic E-state index is 0.0438. The van der Waals surface area contributed by atoms with Gasteiger partial charge >= 0.3 is 0 Å². The van der Waals surface area contributed by atoms with E-state index >= 15 is 0 Å². The molecular formula is C15H14ClFN2O. The number of amides is 1. The Morgan fingerprint density at radius 1 is 1.20 bits per heavy atom. The molecule has 2 aromatic carbocycles. The van der Waals surface area contributed by atoms with Crippen LogP contribution in [0, 0.1) is 5.82 Å². The lowest BCUT2D eigenvalue weighted by atomic mass is 10.1. The van der Waals surface area contributed by atoms with E-state index in [1.807, 2.05) is 19.2 Å². The van der Waals surface area contributed by atoms with E-state index in [2.05, 4.69) is 5.32 Å². The van der Waals surface area contributed by atoms with Gasteiger partial charge < -0.3 is 10.2 Å². The number of nitrogens with one attached hydrogen (secondary N) is 1. The van der Waals surface area contributed by atoms with E-state index in [9.17, 15) is 9.18 Å². The molecule has 0 atom stereocenters. The number of carbonyl (C=O) groups excluding carboxylic acids is 1. The van der Waals surface area contributed by atoms with E-state index in [4.69, 9.17) is 11.6 Å². The molecule has 3 nitrogen and oxygen atoms in total. The van der Waals surface area contributed by atoms with Crippen LogP contribution in [0.1, 0.15) is 10.4 Å². The van der Waals surface area contributed by atoms with Crippen molar-refractivity contribution in [2.75, 3.05) is 24.3 Å². The number of anilines is 2. The molecule has 2 rings (SSSR count). The van der Waals surface area contributed by atoms with Crippen LogP contribution >= 0.6 is 11.6 Å². The third kappa shape index (κ3) is 2.91. The third-order valence-corrected chi connectivity index (χ3v) is 3.24. The summed E-state index contributed by atoms with van der Waals surface area (Å²) in [6.07, 6.45) is 0. The maximum atomic E-state index is 13.7. The van der Waals surface area contributed by atoms with Gasteiger partial charge in [0, 0.05) is 30.5 Å². The summed E-state index contributed by atoms with van der Waals surface area (Å²) in [5.41, 5.74) is 1.56. The zero-order chi connectivity index (χ0) is 14.7. The fourth-order valence-electron chi connectivity index (χ4n) is 1.81. The van der Waals surface area contributed by atoms with E-state index < -0.39 is 11.7 Å². The molecule has 0 heterocycles. The minimum atomic E-state index is -0.585. The highest BCUT2D eigenvalue weighted by atomic mass is 35.5. The molecule has 0 bridgehead atoms. The van der Waals surface area contributed by atoms with Gasteiger partial charge in [0.05, 0.1) is 5.56 Å². The number of halogens is 2. The maximum absolute atomic E-state index is 13.7. The van der Waals surface area contributed by atoms with Gasteiger partial charge in [0.15, 0.2) is 0 Å². The predicted molar refractivity (Wildman–Crippen MR) is 80.1 cm³/mol. The molecule has 0 aliphatic carbocycles. The van der Waals surface area contributed by atoms with Gasteiger partial charge in [-0.15, -0.1) is 0 Å². The van der Waals surface area contributed by atoms with Crippen LogP contribution in [0.25, 0.3) is 0 Å². The third-order valence-electron chi connectivity index (χ3n) is 3.01. The first-order valence-electron chi connectivity index (χ1n) is 6.04. The Labute approximate surface area is 122 Å². The Morgan fingerprint density at radius 3 is 2.45 bits per heavy atom. The summed E-state index contributed by atoms with van der Waals surface area (Å²) in [6.45, 7) is 0. The summed E-state index contributed by atoms with van der Waals surface area (Å²) in [5.74, 6) is -1.03. The average Bonchev–Trinajstić information content (AvgIpc) is 2.48. The lowest BCUT2D eigenvalue weighted by Crippen LogP contribution is -2.27. The Balaban J connectivity index is 2.29. The van der Waals surface area contributed by atoms with Crippen LogP contribution in [-0.4, -0.2) is 20.0 Å². The van der Waals surface area contributed by atoms with Crippen molar-refractivity contribution in [3.8, 4) is 0 Å². The van der Waals surface area contributed by atoms with Crippen molar-refractivity contribution in [1.29, 1.82) is 0 Å². The highest BCUT2D eigenvalue weighted by molar-refractivity contribution is 6.31. The first-order chi connectivity index (χ1) is 9.52. The van der Waals surface area contributed by atoms with Gasteiger partial charge in [0.2, 0.25) is 0 Å². The largest absolute Gasteiger partial charge is 0.388 e. The van der Waals surface area contributed by atoms with Crippen LogP contribution in [0.15, 0.2) is 42.5 Å². The van der Waals surface area contributed by atoms with Crippen LogP contribution in [0.5, 0.6) is 0 Å². The van der Waals surface area contributed by atoms with Crippen LogP contribution in [0.4, 0.5) is 15.8 Å². The number of rotatable bonds is 3. The van der Waals surface area contributed by atoms with Gasteiger partial charge in [0.25, 0.3) is 5.91 Å².